The molecule has 2 atom stereocenters. The molecule has 1 aliphatic carbocycles. The summed E-state index contributed by atoms with van der Waals surface area (Å²) in [5.41, 5.74) is 1.42. The molecule has 0 N–H and O–H groups in total. The van der Waals surface area contributed by atoms with E-state index in [0.717, 1.165) is 44.8 Å². The van der Waals surface area contributed by atoms with Crippen LogP contribution in [0.1, 0.15) is 37.7 Å². The molecule has 4 rings (SSSR count). The summed E-state index contributed by atoms with van der Waals surface area (Å²) < 4.78 is 0. The third kappa shape index (κ3) is 2.91. The Morgan fingerprint density at radius 2 is 1.82 bits per heavy atom. The zero-order valence-electron chi connectivity index (χ0n) is 13.3. The van der Waals surface area contributed by atoms with E-state index in [1.165, 1.54) is 24.8 Å². The fraction of sp³-hybridized carbons (Fsp3) is 0.632. The Hall–Kier alpha value is -1.35. The zero-order valence-corrected chi connectivity index (χ0v) is 13.3. The van der Waals surface area contributed by atoms with Crippen LogP contribution in [0.15, 0.2) is 30.3 Å². The first-order valence-electron chi connectivity index (χ1n) is 8.89. The van der Waals surface area contributed by atoms with Gasteiger partial charge in [0.25, 0.3) is 0 Å². The predicted molar refractivity (Wildman–Crippen MR) is 87.6 cm³/mol. The van der Waals surface area contributed by atoms with Gasteiger partial charge in [0.05, 0.1) is 0 Å². The Morgan fingerprint density at radius 3 is 2.59 bits per heavy atom. The van der Waals surface area contributed by atoms with Crippen molar-refractivity contribution in [1.82, 2.24) is 9.80 Å². The normalized spacial score (nSPS) is 28.9. The molecule has 2 aliphatic heterocycles. The largest absolute Gasteiger partial charge is 0.338 e. The second kappa shape index (κ2) is 6.04. The van der Waals surface area contributed by atoms with Crippen LogP contribution in [0, 0.1) is 5.92 Å². The van der Waals surface area contributed by atoms with Crippen LogP contribution in [0.5, 0.6) is 0 Å². The summed E-state index contributed by atoms with van der Waals surface area (Å²) in [5, 5.41) is 0. The lowest BCUT2D eigenvalue weighted by Gasteiger charge is -2.40. The number of nitrogens with zero attached hydrogens (tertiary/aromatic N) is 2. The van der Waals surface area contributed by atoms with Crippen LogP contribution in [-0.4, -0.2) is 47.4 Å². The van der Waals surface area contributed by atoms with Gasteiger partial charge in [0.15, 0.2) is 0 Å². The molecule has 3 fully saturated rings. The smallest absolute Gasteiger partial charge is 0.222 e. The summed E-state index contributed by atoms with van der Waals surface area (Å²) in [6.07, 6.45) is 6.80. The minimum Gasteiger partial charge on any atom is -0.338 e. The highest BCUT2D eigenvalue weighted by atomic mass is 16.2. The Kier molecular flexibility index (Phi) is 3.91. The molecule has 3 aliphatic rings. The number of hydrogen-bond acceptors (Lipinski definition) is 2. The maximum absolute atomic E-state index is 12.3. The van der Waals surface area contributed by atoms with Crippen LogP contribution in [-0.2, 0) is 11.2 Å². The minimum atomic E-state index is 0.415. The molecule has 0 spiro atoms. The van der Waals surface area contributed by atoms with Crippen molar-refractivity contribution in [3.63, 3.8) is 0 Å². The Balaban J connectivity index is 1.38. The molecule has 1 saturated carbocycles. The Bertz CT molecular complexity index is 525. The average molecular weight is 298 g/mol. The van der Waals surface area contributed by atoms with Crippen molar-refractivity contribution in [3.05, 3.63) is 35.9 Å². The second-order valence-corrected chi connectivity index (χ2v) is 7.22. The first-order valence-corrected chi connectivity index (χ1v) is 8.89. The highest BCUT2D eigenvalue weighted by molar-refractivity contribution is 5.77. The third-order valence-electron chi connectivity index (χ3n) is 5.68. The van der Waals surface area contributed by atoms with E-state index >= 15 is 0 Å². The SMILES string of the molecule is O=C1CC[C@H]2[C@H](CCN2CCc2ccccc2)N1CC1CC1. The number of benzene rings is 1. The van der Waals surface area contributed by atoms with Gasteiger partial charge in [-0.05, 0) is 43.6 Å². The summed E-state index contributed by atoms with van der Waals surface area (Å²) in [6.45, 7) is 3.33. The van der Waals surface area contributed by atoms with Crippen molar-refractivity contribution in [2.24, 2.45) is 5.92 Å². The van der Waals surface area contributed by atoms with E-state index in [1.807, 2.05) is 0 Å². The molecule has 1 amide bonds. The topological polar surface area (TPSA) is 23.6 Å². The van der Waals surface area contributed by atoms with E-state index in [4.69, 9.17) is 0 Å². The molecule has 3 heteroatoms. The number of likely N-dealkylation sites (tertiary alicyclic amines) is 2. The average Bonchev–Trinajstić information content (AvgIpc) is 3.27. The summed E-state index contributed by atoms with van der Waals surface area (Å²) in [7, 11) is 0. The molecule has 2 heterocycles. The van der Waals surface area contributed by atoms with E-state index in [-0.39, 0.29) is 0 Å². The van der Waals surface area contributed by atoms with Crippen molar-refractivity contribution in [2.75, 3.05) is 19.6 Å². The molecular weight excluding hydrogens is 272 g/mol. The molecule has 3 nitrogen and oxygen atoms in total. The monoisotopic (exact) mass is 298 g/mol. The second-order valence-electron chi connectivity index (χ2n) is 7.22. The van der Waals surface area contributed by atoms with E-state index in [1.54, 1.807) is 0 Å². The van der Waals surface area contributed by atoms with Crippen LogP contribution in [0.2, 0.25) is 0 Å². The van der Waals surface area contributed by atoms with Gasteiger partial charge in [0, 0.05) is 38.1 Å². The van der Waals surface area contributed by atoms with Gasteiger partial charge in [0.1, 0.15) is 0 Å². The van der Waals surface area contributed by atoms with Crippen LogP contribution in [0.4, 0.5) is 0 Å². The summed E-state index contributed by atoms with van der Waals surface area (Å²) in [5.74, 6) is 1.22. The quantitative estimate of drug-likeness (QED) is 0.834. The Morgan fingerprint density at radius 1 is 1.00 bits per heavy atom. The van der Waals surface area contributed by atoms with Gasteiger partial charge in [-0.3, -0.25) is 9.69 Å². The molecule has 118 valence electrons. The highest BCUT2D eigenvalue weighted by Gasteiger charge is 2.44. The number of hydrogen-bond donors (Lipinski definition) is 0. The lowest BCUT2D eigenvalue weighted by molar-refractivity contribution is -0.138. The molecule has 1 aromatic carbocycles. The number of fused-ring (bicyclic) bond motifs is 1. The molecular formula is C19H26N2O. The van der Waals surface area contributed by atoms with Gasteiger partial charge in [-0.25, -0.2) is 0 Å². The van der Waals surface area contributed by atoms with E-state index < -0.39 is 0 Å². The Labute approximate surface area is 133 Å². The summed E-state index contributed by atoms with van der Waals surface area (Å²) >= 11 is 0. The minimum absolute atomic E-state index is 0.415. The molecule has 0 aromatic heterocycles. The molecule has 2 saturated heterocycles. The summed E-state index contributed by atoms with van der Waals surface area (Å²) in [6, 6.07) is 11.9. The maximum atomic E-state index is 12.3. The van der Waals surface area contributed by atoms with E-state index in [9.17, 15) is 4.79 Å². The molecule has 0 radical (unpaired) electrons. The van der Waals surface area contributed by atoms with Crippen LogP contribution >= 0.6 is 0 Å². The molecule has 1 aromatic rings. The summed E-state index contributed by atoms with van der Waals surface area (Å²) in [4.78, 5) is 17.2. The zero-order chi connectivity index (χ0) is 14.9. The predicted octanol–water partition coefficient (Wildman–Crippen LogP) is 2.70. The molecule has 0 bridgehead atoms. The first-order chi connectivity index (χ1) is 10.8. The van der Waals surface area contributed by atoms with Crippen molar-refractivity contribution in [3.8, 4) is 0 Å². The lowest BCUT2D eigenvalue weighted by Crippen LogP contribution is -2.53. The molecule has 0 unspecified atom stereocenters. The number of amides is 1. The van der Waals surface area contributed by atoms with Crippen molar-refractivity contribution in [1.29, 1.82) is 0 Å². The van der Waals surface area contributed by atoms with Crippen LogP contribution in [0.25, 0.3) is 0 Å². The fourth-order valence-corrected chi connectivity index (χ4v) is 4.25. The van der Waals surface area contributed by atoms with Gasteiger partial charge >= 0.3 is 0 Å². The van der Waals surface area contributed by atoms with Crippen molar-refractivity contribution in [2.45, 2.75) is 50.6 Å². The number of carbonyl (C=O) groups is 1. The van der Waals surface area contributed by atoms with Gasteiger partial charge in [-0.15, -0.1) is 0 Å². The van der Waals surface area contributed by atoms with Crippen LogP contribution in [0.3, 0.4) is 0 Å². The van der Waals surface area contributed by atoms with Crippen molar-refractivity contribution >= 4 is 5.91 Å². The maximum Gasteiger partial charge on any atom is 0.222 e. The van der Waals surface area contributed by atoms with Gasteiger partial charge in [0.2, 0.25) is 5.91 Å². The third-order valence-corrected chi connectivity index (χ3v) is 5.68. The number of carbonyl (C=O) groups excluding carboxylic acids is 1. The van der Waals surface area contributed by atoms with E-state index in [2.05, 4.69) is 40.1 Å². The standard InChI is InChI=1S/C19H26N2O/c22-19-9-8-17-18(21(19)14-16-6-7-16)11-13-20(17)12-10-15-4-2-1-3-5-15/h1-5,16-18H,6-14H2/t17-,18-/m0/s1. The van der Waals surface area contributed by atoms with Crippen molar-refractivity contribution < 1.29 is 4.79 Å². The van der Waals surface area contributed by atoms with Gasteiger partial charge < -0.3 is 4.90 Å². The first kappa shape index (κ1) is 14.3. The van der Waals surface area contributed by atoms with Crippen LogP contribution < -0.4 is 0 Å². The lowest BCUT2D eigenvalue weighted by atomic mass is 9.95. The van der Waals surface area contributed by atoms with E-state index in [0.29, 0.717) is 18.0 Å². The number of rotatable bonds is 5. The number of piperidine rings is 1. The highest BCUT2D eigenvalue weighted by Crippen LogP contribution is 2.36. The van der Waals surface area contributed by atoms with Gasteiger partial charge in [-0.1, -0.05) is 30.3 Å². The van der Waals surface area contributed by atoms with Gasteiger partial charge in [-0.2, -0.15) is 0 Å². The fourth-order valence-electron chi connectivity index (χ4n) is 4.25. The molecule has 22 heavy (non-hydrogen) atoms.